The number of aromatic amines is 2. The van der Waals surface area contributed by atoms with E-state index in [1.807, 2.05) is 13.0 Å². The molecular formula is C23H16F3N4O+. The molecule has 0 aliphatic heterocycles. The number of pyridine rings is 1. The lowest BCUT2D eigenvalue weighted by molar-refractivity contribution is -0.347. The van der Waals surface area contributed by atoms with Crippen LogP contribution in [0.1, 0.15) is 32.6 Å². The van der Waals surface area contributed by atoms with Gasteiger partial charge in [0.2, 0.25) is 0 Å². The Balaban J connectivity index is 1.57. The van der Waals surface area contributed by atoms with Crippen LogP contribution in [0.15, 0.2) is 61.1 Å². The van der Waals surface area contributed by atoms with Gasteiger partial charge in [-0.15, -0.1) is 4.98 Å². The van der Waals surface area contributed by atoms with Gasteiger partial charge < -0.3 is 5.32 Å². The van der Waals surface area contributed by atoms with Crippen LogP contribution in [0, 0.1) is 18.8 Å². The third-order valence-electron chi connectivity index (χ3n) is 4.61. The molecule has 0 saturated heterocycles. The fourth-order valence-electron chi connectivity index (χ4n) is 2.95. The molecule has 0 atom stereocenters. The van der Waals surface area contributed by atoms with Crippen LogP contribution >= 0.6 is 0 Å². The second-order valence-corrected chi connectivity index (χ2v) is 6.87. The van der Waals surface area contributed by atoms with Crippen LogP contribution < -0.4 is 10.3 Å². The highest BCUT2D eigenvalue weighted by Gasteiger charge is 2.30. The molecule has 2 aromatic heterocycles. The highest BCUT2D eigenvalue weighted by atomic mass is 19.4. The summed E-state index contributed by atoms with van der Waals surface area (Å²) in [6.45, 7) is 1.86. The van der Waals surface area contributed by atoms with Gasteiger partial charge in [-0.25, -0.2) is 4.98 Å². The summed E-state index contributed by atoms with van der Waals surface area (Å²) >= 11 is 0. The number of carbonyl (C=O) groups is 1. The minimum atomic E-state index is -4.48. The van der Waals surface area contributed by atoms with E-state index in [0.717, 1.165) is 28.9 Å². The Morgan fingerprint density at radius 2 is 1.97 bits per heavy atom. The number of aromatic nitrogens is 3. The number of imidazole rings is 1. The quantitative estimate of drug-likeness (QED) is 0.472. The Hall–Kier alpha value is -4.12. The van der Waals surface area contributed by atoms with Gasteiger partial charge in [0.1, 0.15) is 6.20 Å². The van der Waals surface area contributed by atoms with Crippen LogP contribution in [0.2, 0.25) is 0 Å². The third kappa shape index (κ3) is 4.56. The molecule has 0 aliphatic rings. The summed E-state index contributed by atoms with van der Waals surface area (Å²) in [7, 11) is 0. The van der Waals surface area contributed by atoms with Crippen LogP contribution in [0.25, 0.3) is 11.2 Å². The number of carbonyl (C=O) groups excluding carboxylic acids is 1. The van der Waals surface area contributed by atoms with Crippen molar-refractivity contribution in [2.75, 3.05) is 5.32 Å². The first-order chi connectivity index (χ1) is 14.8. The van der Waals surface area contributed by atoms with Crippen molar-refractivity contribution in [1.82, 2.24) is 9.97 Å². The van der Waals surface area contributed by atoms with Gasteiger partial charge >= 0.3 is 6.18 Å². The van der Waals surface area contributed by atoms with E-state index in [1.165, 1.54) is 12.1 Å². The van der Waals surface area contributed by atoms with E-state index < -0.39 is 17.6 Å². The first-order valence-corrected chi connectivity index (χ1v) is 9.26. The molecule has 2 heterocycles. The number of alkyl halides is 3. The largest absolute Gasteiger partial charge is 0.416 e. The van der Waals surface area contributed by atoms with E-state index in [1.54, 1.807) is 30.7 Å². The summed E-state index contributed by atoms with van der Waals surface area (Å²) in [6.07, 6.45) is -1.17. The lowest BCUT2D eigenvalue weighted by Gasteiger charge is -2.10. The summed E-state index contributed by atoms with van der Waals surface area (Å²) < 4.78 is 38.6. The summed E-state index contributed by atoms with van der Waals surface area (Å²) in [5.74, 6) is 5.53. The minimum absolute atomic E-state index is 0.0650. The van der Waals surface area contributed by atoms with Crippen LogP contribution in [0.4, 0.5) is 18.9 Å². The Morgan fingerprint density at radius 1 is 1.13 bits per heavy atom. The molecule has 154 valence electrons. The smallest absolute Gasteiger partial charge is 0.322 e. The molecule has 31 heavy (non-hydrogen) atoms. The number of benzene rings is 2. The second kappa shape index (κ2) is 7.95. The van der Waals surface area contributed by atoms with Crippen LogP contribution in [0.5, 0.6) is 0 Å². The number of hydrogen-bond acceptors (Lipinski definition) is 2. The van der Waals surface area contributed by atoms with E-state index in [0.29, 0.717) is 16.7 Å². The van der Waals surface area contributed by atoms with Crippen molar-refractivity contribution in [3.8, 4) is 11.8 Å². The molecule has 2 aromatic carbocycles. The average molecular weight is 421 g/mol. The molecule has 0 bridgehead atoms. The maximum Gasteiger partial charge on any atom is 0.416 e. The number of aryl methyl sites for hydroxylation is 1. The van der Waals surface area contributed by atoms with E-state index in [4.69, 9.17) is 0 Å². The van der Waals surface area contributed by atoms with E-state index in [9.17, 15) is 18.0 Å². The number of hydrogen-bond donors (Lipinski definition) is 2. The highest BCUT2D eigenvalue weighted by molar-refractivity contribution is 6.04. The number of H-pyrrole nitrogens is 2. The van der Waals surface area contributed by atoms with Gasteiger partial charge in [-0.05, 0) is 42.8 Å². The molecule has 4 aromatic rings. The fraction of sp³-hybridized carbons (Fsp3) is 0.0870. The van der Waals surface area contributed by atoms with Crippen molar-refractivity contribution in [2.45, 2.75) is 13.1 Å². The van der Waals surface area contributed by atoms with Gasteiger partial charge in [0.25, 0.3) is 11.6 Å². The molecule has 3 N–H and O–H groups in total. The normalized spacial score (nSPS) is 11.1. The number of anilines is 1. The Kier molecular flexibility index (Phi) is 5.17. The lowest BCUT2D eigenvalue weighted by atomic mass is 10.0. The van der Waals surface area contributed by atoms with Gasteiger partial charge in [-0.2, -0.15) is 13.2 Å². The Morgan fingerprint density at radius 3 is 2.77 bits per heavy atom. The molecule has 0 saturated carbocycles. The summed E-state index contributed by atoms with van der Waals surface area (Å²) in [5, 5.41) is 2.50. The number of amides is 1. The zero-order valence-corrected chi connectivity index (χ0v) is 16.3. The summed E-state index contributed by atoms with van der Waals surface area (Å²) in [4.78, 5) is 22.8. The standard InChI is InChI=1S/C23H15F3N4O/c1-14-5-7-17(22(31)30-19-4-2-3-18(11-19)23(24,25)26)10-16(14)8-6-15-9-20-21(27-12-15)29-13-28-20/h2-5,7,9-13H,1H3,(H,30,31)(H,27,28,29)/p+1. The molecule has 1 amide bonds. The SMILES string of the molecule is Cc1ccc(C(=O)Nc2cccc(C(F)(F)F)c2)cc1C#Cc1cnc2[nH+]c[nH]c2c1. The van der Waals surface area contributed by atoms with Crippen LogP contribution in [-0.4, -0.2) is 15.9 Å². The highest BCUT2D eigenvalue weighted by Crippen LogP contribution is 2.30. The predicted molar refractivity (Wildman–Crippen MR) is 109 cm³/mol. The number of nitrogens with zero attached hydrogens (tertiary/aromatic N) is 1. The maximum atomic E-state index is 12.9. The third-order valence-corrected chi connectivity index (χ3v) is 4.61. The number of fused-ring (bicyclic) bond motifs is 1. The predicted octanol–water partition coefficient (Wildman–Crippen LogP) is 4.36. The van der Waals surface area contributed by atoms with Crippen molar-refractivity contribution in [3.63, 3.8) is 0 Å². The molecule has 0 unspecified atom stereocenters. The first kappa shape index (κ1) is 20.2. The molecule has 0 radical (unpaired) electrons. The zero-order valence-electron chi connectivity index (χ0n) is 16.3. The summed E-state index contributed by atoms with van der Waals surface area (Å²) in [6, 6.07) is 11.3. The van der Waals surface area contributed by atoms with Crippen LogP contribution in [0.3, 0.4) is 0 Å². The molecule has 0 aliphatic carbocycles. The Labute approximate surface area is 175 Å². The molecule has 4 rings (SSSR count). The molecule has 0 spiro atoms. The van der Waals surface area contributed by atoms with Gasteiger partial charge in [0, 0.05) is 22.9 Å². The van der Waals surface area contributed by atoms with Crippen LogP contribution in [-0.2, 0) is 6.18 Å². The fourth-order valence-corrected chi connectivity index (χ4v) is 2.95. The molecule has 8 heteroatoms. The second-order valence-electron chi connectivity index (χ2n) is 6.87. The number of halogens is 3. The lowest BCUT2D eigenvalue weighted by Crippen LogP contribution is -2.13. The van der Waals surface area contributed by atoms with Crippen molar-refractivity contribution in [2.24, 2.45) is 0 Å². The van der Waals surface area contributed by atoms with Crippen molar-refractivity contribution in [1.29, 1.82) is 0 Å². The molecule has 5 nitrogen and oxygen atoms in total. The van der Waals surface area contributed by atoms with Crippen molar-refractivity contribution < 1.29 is 22.9 Å². The Bertz CT molecular complexity index is 1350. The topological polar surface area (TPSA) is 71.9 Å². The van der Waals surface area contributed by atoms with E-state index in [2.05, 4.69) is 32.1 Å². The number of nitrogens with one attached hydrogen (secondary N) is 3. The van der Waals surface area contributed by atoms with Gasteiger partial charge in [-0.1, -0.05) is 24.0 Å². The monoisotopic (exact) mass is 421 g/mol. The zero-order chi connectivity index (χ0) is 22.0. The van der Waals surface area contributed by atoms with Crippen molar-refractivity contribution in [3.05, 3.63) is 88.9 Å². The van der Waals surface area contributed by atoms with E-state index >= 15 is 0 Å². The average Bonchev–Trinajstić information content (AvgIpc) is 3.20. The van der Waals surface area contributed by atoms with Gasteiger partial charge in [0.05, 0.1) is 11.1 Å². The maximum absolute atomic E-state index is 12.9. The first-order valence-electron chi connectivity index (χ1n) is 9.26. The molecule has 0 fully saturated rings. The van der Waals surface area contributed by atoms with E-state index in [-0.39, 0.29) is 5.69 Å². The minimum Gasteiger partial charge on any atom is -0.322 e. The van der Waals surface area contributed by atoms with Gasteiger partial charge in [-0.3, -0.25) is 9.78 Å². The van der Waals surface area contributed by atoms with Gasteiger partial charge in [0.15, 0.2) is 11.8 Å². The number of rotatable bonds is 2. The molecular weight excluding hydrogens is 405 g/mol. The van der Waals surface area contributed by atoms with Crippen molar-refractivity contribution >= 4 is 22.8 Å². The summed E-state index contributed by atoms with van der Waals surface area (Å²) in [5.41, 5.74) is 3.26.